The maximum absolute atomic E-state index is 12.9. The number of piperidine rings is 2. The lowest BCUT2D eigenvalue weighted by Crippen LogP contribution is -2.99. The number of benzene rings is 1. The molecular formula is C20H31N3O3. The van der Waals surface area contributed by atoms with Crippen molar-refractivity contribution in [2.45, 2.75) is 40.0 Å². The first kappa shape index (κ1) is 19.1. The van der Waals surface area contributed by atoms with Gasteiger partial charge in [-0.1, -0.05) is 20.8 Å². The lowest BCUT2D eigenvalue weighted by Gasteiger charge is -2.35. The third kappa shape index (κ3) is 4.19. The van der Waals surface area contributed by atoms with Crippen LogP contribution < -0.4 is 10.1 Å². The Morgan fingerprint density at radius 3 is 2.31 bits per heavy atom. The molecule has 2 fully saturated rings. The van der Waals surface area contributed by atoms with Gasteiger partial charge in [-0.25, -0.2) is 5.21 Å². The second-order valence-corrected chi connectivity index (χ2v) is 8.36. The van der Waals surface area contributed by atoms with Gasteiger partial charge in [0.15, 0.2) is 5.69 Å². The van der Waals surface area contributed by atoms with Gasteiger partial charge in [0.1, 0.15) is 5.69 Å². The molecule has 2 aliphatic heterocycles. The van der Waals surface area contributed by atoms with Crippen molar-refractivity contribution in [2.24, 2.45) is 17.8 Å². The molecule has 0 saturated carbocycles. The van der Waals surface area contributed by atoms with Crippen LogP contribution in [0.4, 0.5) is 11.4 Å². The number of nitrogens with zero attached hydrogens (tertiary/aromatic N) is 2. The highest BCUT2D eigenvalue weighted by molar-refractivity contribution is 5.96. The summed E-state index contributed by atoms with van der Waals surface area (Å²) in [5, 5.41) is 20.6. The highest BCUT2D eigenvalue weighted by atomic mass is 16.8. The maximum atomic E-state index is 12.9. The molecule has 3 rings (SSSR count). The van der Waals surface area contributed by atoms with E-state index < -0.39 is 5.23 Å². The summed E-state index contributed by atoms with van der Waals surface area (Å²) in [6.07, 6.45) is 3.28. The Morgan fingerprint density at radius 2 is 1.73 bits per heavy atom. The molecule has 1 aromatic rings. The summed E-state index contributed by atoms with van der Waals surface area (Å²) in [7, 11) is 0. The van der Waals surface area contributed by atoms with Crippen LogP contribution in [0, 0.1) is 23.0 Å². The molecule has 3 atom stereocenters. The van der Waals surface area contributed by atoms with E-state index in [1.54, 1.807) is 12.1 Å². The quantitative estimate of drug-likeness (QED) is 0.811. The van der Waals surface area contributed by atoms with Crippen molar-refractivity contribution in [1.82, 2.24) is 4.90 Å². The molecule has 2 heterocycles. The molecule has 1 aromatic carbocycles. The van der Waals surface area contributed by atoms with E-state index in [1.807, 2.05) is 11.0 Å². The molecule has 0 bridgehead atoms. The van der Waals surface area contributed by atoms with Crippen molar-refractivity contribution >= 4 is 17.3 Å². The molecule has 144 valence electrons. The van der Waals surface area contributed by atoms with Crippen molar-refractivity contribution in [3.63, 3.8) is 0 Å². The van der Waals surface area contributed by atoms with Crippen molar-refractivity contribution in [2.75, 3.05) is 31.1 Å². The number of quaternary nitrogens is 1. The molecule has 6 nitrogen and oxygen atoms in total. The first-order valence-corrected chi connectivity index (χ1v) is 9.76. The fourth-order valence-corrected chi connectivity index (χ4v) is 4.38. The van der Waals surface area contributed by atoms with Crippen LogP contribution >= 0.6 is 0 Å². The average molecular weight is 361 g/mol. The first-order valence-electron chi connectivity index (χ1n) is 9.76. The SMILES string of the molecule is CC1CCN(c2ccc(C(=O)N3CC(C)CC(C)C3)cc2[NH+]([O-])O)CC1. The average Bonchev–Trinajstić information content (AvgIpc) is 2.60. The summed E-state index contributed by atoms with van der Waals surface area (Å²) in [5.41, 5.74) is 1.46. The second-order valence-electron chi connectivity index (χ2n) is 8.36. The fraction of sp³-hybridized carbons (Fsp3) is 0.650. The van der Waals surface area contributed by atoms with E-state index in [9.17, 15) is 15.2 Å². The predicted molar refractivity (Wildman–Crippen MR) is 102 cm³/mol. The molecule has 0 radical (unpaired) electrons. The van der Waals surface area contributed by atoms with Gasteiger partial charge in [0.05, 0.1) is 0 Å². The maximum Gasteiger partial charge on any atom is 0.254 e. The Kier molecular flexibility index (Phi) is 5.85. The number of carbonyl (C=O) groups excluding carboxylic acids is 1. The number of likely N-dealkylation sites (tertiary alicyclic amines) is 1. The molecule has 2 N–H and O–H groups in total. The van der Waals surface area contributed by atoms with Crippen LogP contribution in [-0.4, -0.2) is 42.2 Å². The summed E-state index contributed by atoms with van der Waals surface area (Å²) >= 11 is 0. The molecule has 2 aliphatic rings. The zero-order valence-electron chi connectivity index (χ0n) is 16.1. The Balaban J connectivity index is 1.83. The minimum absolute atomic E-state index is 0.0512. The number of nitrogens with one attached hydrogen (secondary N) is 1. The Bertz CT molecular complexity index is 631. The van der Waals surface area contributed by atoms with E-state index in [-0.39, 0.29) is 11.6 Å². The Labute approximate surface area is 155 Å². The van der Waals surface area contributed by atoms with Crippen LogP contribution in [-0.2, 0) is 0 Å². The summed E-state index contributed by atoms with van der Waals surface area (Å²) in [6, 6.07) is 5.19. The third-order valence-corrected chi connectivity index (χ3v) is 5.75. The lowest BCUT2D eigenvalue weighted by molar-refractivity contribution is -0.990. The van der Waals surface area contributed by atoms with Gasteiger partial charge >= 0.3 is 0 Å². The summed E-state index contributed by atoms with van der Waals surface area (Å²) in [5.74, 6) is 1.60. The molecule has 6 heteroatoms. The number of hydrogen-bond acceptors (Lipinski definition) is 4. The summed E-state index contributed by atoms with van der Waals surface area (Å²) in [4.78, 5) is 16.9. The number of hydrogen-bond donors (Lipinski definition) is 2. The zero-order valence-corrected chi connectivity index (χ0v) is 16.1. The minimum atomic E-state index is -0.964. The van der Waals surface area contributed by atoms with Crippen molar-refractivity contribution in [3.05, 3.63) is 29.0 Å². The fourth-order valence-electron chi connectivity index (χ4n) is 4.38. The van der Waals surface area contributed by atoms with E-state index in [0.29, 0.717) is 23.3 Å². The van der Waals surface area contributed by atoms with Crippen LogP contribution in [0.3, 0.4) is 0 Å². The predicted octanol–water partition coefficient (Wildman–Crippen LogP) is 2.44. The van der Waals surface area contributed by atoms with Crippen LogP contribution in [0.2, 0.25) is 0 Å². The Morgan fingerprint density at radius 1 is 1.12 bits per heavy atom. The standard InChI is InChI=1S/C20H31N3O3/c1-14-6-8-21(9-7-14)18-5-4-17(11-19(18)23(25)26)20(24)22-12-15(2)10-16(3)13-22/h4-5,11,14-16,23,25H,6-10,12-13H2,1-3H3. The summed E-state index contributed by atoms with van der Waals surface area (Å²) in [6.45, 7) is 9.80. The van der Waals surface area contributed by atoms with Gasteiger partial charge < -0.3 is 15.0 Å². The minimum Gasteiger partial charge on any atom is -0.595 e. The molecule has 0 spiro atoms. The molecule has 2 saturated heterocycles. The smallest absolute Gasteiger partial charge is 0.254 e. The number of rotatable bonds is 3. The monoisotopic (exact) mass is 361 g/mol. The van der Waals surface area contributed by atoms with Gasteiger partial charge in [-0.2, -0.15) is 5.23 Å². The molecule has 0 aromatic heterocycles. The molecule has 3 unspecified atom stereocenters. The van der Waals surface area contributed by atoms with Gasteiger partial charge in [-0.3, -0.25) is 4.79 Å². The van der Waals surface area contributed by atoms with Crippen LogP contribution in [0.25, 0.3) is 0 Å². The van der Waals surface area contributed by atoms with Gasteiger partial charge in [-0.15, -0.1) is 0 Å². The molecule has 1 amide bonds. The largest absolute Gasteiger partial charge is 0.595 e. The highest BCUT2D eigenvalue weighted by Gasteiger charge is 2.28. The van der Waals surface area contributed by atoms with Crippen molar-refractivity contribution < 1.29 is 15.2 Å². The van der Waals surface area contributed by atoms with E-state index >= 15 is 0 Å². The third-order valence-electron chi connectivity index (χ3n) is 5.75. The number of carbonyl (C=O) groups is 1. The lowest BCUT2D eigenvalue weighted by atomic mass is 9.91. The highest BCUT2D eigenvalue weighted by Crippen LogP contribution is 2.30. The van der Waals surface area contributed by atoms with Crippen molar-refractivity contribution in [3.8, 4) is 0 Å². The van der Waals surface area contributed by atoms with Gasteiger partial charge in [-0.05, 0) is 49.1 Å². The summed E-state index contributed by atoms with van der Waals surface area (Å²) < 4.78 is 0. The van der Waals surface area contributed by atoms with Gasteiger partial charge in [0.2, 0.25) is 0 Å². The normalized spacial score (nSPS) is 26.0. The number of amides is 1. The molecule has 26 heavy (non-hydrogen) atoms. The number of anilines is 1. The van der Waals surface area contributed by atoms with E-state index in [2.05, 4.69) is 25.7 Å². The van der Waals surface area contributed by atoms with E-state index in [4.69, 9.17) is 0 Å². The van der Waals surface area contributed by atoms with Crippen LogP contribution in [0.15, 0.2) is 18.2 Å². The van der Waals surface area contributed by atoms with Gasteiger partial charge in [0.25, 0.3) is 5.91 Å². The van der Waals surface area contributed by atoms with Crippen LogP contribution in [0.1, 0.15) is 50.4 Å². The van der Waals surface area contributed by atoms with Gasteiger partial charge in [0, 0.05) is 37.8 Å². The zero-order chi connectivity index (χ0) is 18.8. The Hall–Kier alpha value is -1.63. The van der Waals surface area contributed by atoms with E-state index in [1.165, 1.54) is 0 Å². The van der Waals surface area contributed by atoms with Crippen LogP contribution in [0.5, 0.6) is 0 Å². The first-order chi connectivity index (χ1) is 12.3. The molecule has 0 aliphatic carbocycles. The second kappa shape index (κ2) is 7.94. The van der Waals surface area contributed by atoms with Crippen molar-refractivity contribution in [1.29, 1.82) is 0 Å². The van der Waals surface area contributed by atoms with E-state index in [0.717, 1.165) is 51.1 Å². The topological polar surface area (TPSA) is 71.3 Å². The molecular weight excluding hydrogens is 330 g/mol.